The third kappa shape index (κ3) is 2.19. The van der Waals surface area contributed by atoms with E-state index in [4.69, 9.17) is 5.26 Å². The second kappa shape index (κ2) is 4.31. The van der Waals surface area contributed by atoms with Gasteiger partial charge in [0.2, 0.25) is 5.91 Å². The van der Waals surface area contributed by atoms with Gasteiger partial charge in [-0.15, -0.1) is 0 Å². The minimum atomic E-state index is -0.286. The molecule has 1 heterocycles. The van der Waals surface area contributed by atoms with Crippen molar-refractivity contribution in [3.8, 4) is 6.07 Å². The summed E-state index contributed by atoms with van der Waals surface area (Å²) in [6, 6.07) is 8.15. The highest BCUT2D eigenvalue weighted by Crippen LogP contribution is 2.19. The molecule has 1 aliphatic heterocycles. The van der Waals surface area contributed by atoms with E-state index >= 15 is 0 Å². The van der Waals surface area contributed by atoms with Crippen LogP contribution >= 0.6 is 0 Å². The molecule has 1 saturated heterocycles. The minimum absolute atomic E-state index is 0.00382. The fourth-order valence-electron chi connectivity index (χ4n) is 1.82. The Morgan fingerprint density at radius 3 is 2.69 bits per heavy atom. The zero-order valence-corrected chi connectivity index (χ0v) is 8.69. The molecule has 4 heteroatoms. The first-order valence-electron chi connectivity index (χ1n) is 5.11. The maximum atomic E-state index is 12.7. The predicted octanol–water partition coefficient (Wildman–Crippen LogP) is 1.70. The average Bonchev–Trinajstić information content (AvgIpc) is 2.63. The lowest BCUT2D eigenvalue weighted by Crippen LogP contribution is -2.24. The van der Waals surface area contributed by atoms with Crippen molar-refractivity contribution < 1.29 is 9.18 Å². The van der Waals surface area contributed by atoms with Gasteiger partial charge in [0.25, 0.3) is 0 Å². The molecule has 0 unspecified atom stereocenters. The minimum Gasteiger partial charge on any atom is -0.337 e. The highest BCUT2D eigenvalue weighted by atomic mass is 19.1. The summed E-state index contributed by atoms with van der Waals surface area (Å²) < 4.78 is 12.7. The Kier molecular flexibility index (Phi) is 2.86. The first-order chi connectivity index (χ1) is 7.69. The van der Waals surface area contributed by atoms with Crippen LogP contribution in [0.15, 0.2) is 24.3 Å². The zero-order chi connectivity index (χ0) is 11.5. The highest BCUT2D eigenvalue weighted by Gasteiger charge is 2.29. The lowest BCUT2D eigenvalue weighted by molar-refractivity contribution is -0.128. The average molecular weight is 218 g/mol. The summed E-state index contributed by atoms with van der Waals surface area (Å²) in [5.41, 5.74) is 0.883. The number of halogens is 1. The van der Waals surface area contributed by atoms with Crippen molar-refractivity contribution in [1.29, 1.82) is 5.26 Å². The van der Waals surface area contributed by atoms with Gasteiger partial charge in [0, 0.05) is 19.5 Å². The van der Waals surface area contributed by atoms with Crippen molar-refractivity contribution in [2.75, 3.05) is 6.54 Å². The molecule has 0 aromatic heterocycles. The van der Waals surface area contributed by atoms with Gasteiger partial charge in [-0.3, -0.25) is 4.79 Å². The molecule has 82 valence electrons. The standard InChI is InChI=1S/C12H11FN2O/c13-11-3-1-9(2-4-11)7-15-8-10(6-14)5-12(15)16/h1-4,10H,5,7-8H2/t10-/m1/s1. The number of carbonyl (C=O) groups excluding carboxylic acids is 1. The van der Waals surface area contributed by atoms with E-state index < -0.39 is 0 Å². The number of amides is 1. The van der Waals surface area contributed by atoms with Crippen LogP contribution in [0.5, 0.6) is 0 Å². The summed E-state index contributed by atoms with van der Waals surface area (Å²) in [5.74, 6) is -0.491. The number of carbonyl (C=O) groups is 1. The Morgan fingerprint density at radius 1 is 1.44 bits per heavy atom. The lowest BCUT2D eigenvalue weighted by atomic mass is 10.1. The number of hydrogen-bond acceptors (Lipinski definition) is 2. The van der Waals surface area contributed by atoms with Crippen LogP contribution in [0.2, 0.25) is 0 Å². The smallest absolute Gasteiger partial charge is 0.224 e. The molecule has 0 aliphatic carbocycles. The number of likely N-dealkylation sites (tertiary alicyclic amines) is 1. The van der Waals surface area contributed by atoms with E-state index in [1.165, 1.54) is 12.1 Å². The predicted molar refractivity (Wildman–Crippen MR) is 55.5 cm³/mol. The number of rotatable bonds is 2. The van der Waals surface area contributed by atoms with Gasteiger partial charge in [0.05, 0.1) is 12.0 Å². The fourth-order valence-corrected chi connectivity index (χ4v) is 1.82. The van der Waals surface area contributed by atoms with E-state index in [0.29, 0.717) is 19.5 Å². The van der Waals surface area contributed by atoms with Crippen molar-refractivity contribution in [2.24, 2.45) is 5.92 Å². The van der Waals surface area contributed by atoms with Crippen molar-refractivity contribution in [3.05, 3.63) is 35.6 Å². The Morgan fingerprint density at radius 2 is 2.12 bits per heavy atom. The SMILES string of the molecule is N#C[C@H]1CC(=O)N(Cc2ccc(F)cc2)C1. The summed E-state index contributed by atoms with van der Waals surface area (Å²) in [5, 5.41) is 8.73. The molecule has 2 rings (SSSR count). The van der Waals surface area contributed by atoms with Gasteiger partial charge >= 0.3 is 0 Å². The molecule has 16 heavy (non-hydrogen) atoms. The van der Waals surface area contributed by atoms with E-state index in [1.54, 1.807) is 17.0 Å². The fraction of sp³-hybridized carbons (Fsp3) is 0.333. The monoisotopic (exact) mass is 218 g/mol. The summed E-state index contributed by atoms with van der Waals surface area (Å²) >= 11 is 0. The van der Waals surface area contributed by atoms with Crippen LogP contribution < -0.4 is 0 Å². The van der Waals surface area contributed by atoms with Crippen LogP contribution in [0.4, 0.5) is 4.39 Å². The Labute approximate surface area is 93.1 Å². The largest absolute Gasteiger partial charge is 0.337 e. The molecule has 3 nitrogen and oxygen atoms in total. The Bertz CT molecular complexity index is 435. The first-order valence-corrected chi connectivity index (χ1v) is 5.11. The van der Waals surface area contributed by atoms with E-state index in [1.807, 2.05) is 0 Å². The maximum Gasteiger partial charge on any atom is 0.224 e. The molecule has 0 radical (unpaired) electrons. The van der Waals surface area contributed by atoms with Crippen LogP contribution in [-0.4, -0.2) is 17.4 Å². The van der Waals surface area contributed by atoms with Crippen molar-refractivity contribution in [3.63, 3.8) is 0 Å². The molecule has 1 aromatic rings. The zero-order valence-electron chi connectivity index (χ0n) is 8.69. The van der Waals surface area contributed by atoms with Crippen LogP contribution in [0, 0.1) is 23.1 Å². The topological polar surface area (TPSA) is 44.1 Å². The molecule has 1 aliphatic rings. The van der Waals surface area contributed by atoms with E-state index in [9.17, 15) is 9.18 Å². The first kappa shape index (κ1) is 10.6. The number of benzene rings is 1. The molecular weight excluding hydrogens is 207 g/mol. The lowest BCUT2D eigenvalue weighted by Gasteiger charge is -2.15. The maximum absolute atomic E-state index is 12.7. The second-order valence-electron chi connectivity index (χ2n) is 3.93. The molecule has 1 atom stereocenters. The number of hydrogen-bond donors (Lipinski definition) is 0. The van der Waals surface area contributed by atoms with Gasteiger partial charge in [0.1, 0.15) is 5.82 Å². The molecule has 1 fully saturated rings. The summed E-state index contributed by atoms with van der Waals surface area (Å²) in [6.07, 6.45) is 0.303. The van der Waals surface area contributed by atoms with Crippen molar-refractivity contribution in [2.45, 2.75) is 13.0 Å². The van der Waals surface area contributed by atoms with Crippen LogP contribution in [-0.2, 0) is 11.3 Å². The summed E-state index contributed by atoms with van der Waals surface area (Å²) in [4.78, 5) is 13.2. The third-order valence-electron chi connectivity index (χ3n) is 2.68. The van der Waals surface area contributed by atoms with Crippen LogP contribution in [0.25, 0.3) is 0 Å². The molecule has 0 bridgehead atoms. The Hall–Kier alpha value is -1.89. The summed E-state index contributed by atoms with van der Waals surface area (Å²) in [6.45, 7) is 0.935. The third-order valence-corrected chi connectivity index (χ3v) is 2.68. The van der Waals surface area contributed by atoms with E-state index in [2.05, 4.69) is 6.07 Å². The second-order valence-corrected chi connectivity index (χ2v) is 3.93. The quantitative estimate of drug-likeness (QED) is 0.758. The van der Waals surface area contributed by atoms with Gasteiger partial charge in [0.15, 0.2) is 0 Å². The van der Waals surface area contributed by atoms with Gasteiger partial charge < -0.3 is 4.90 Å². The van der Waals surface area contributed by atoms with Crippen LogP contribution in [0.1, 0.15) is 12.0 Å². The van der Waals surface area contributed by atoms with Gasteiger partial charge in [-0.2, -0.15) is 5.26 Å². The summed E-state index contributed by atoms with van der Waals surface area (Å²) in [7, 11) is 0. The van der Waals surface area contributed by atoms with Gasteiger partial charge in [-0.1, -0.05) is 12.1 Å². The highest BCUT2D eigenvalue weighted by molar-refractivity contribution is 5.79. The normalized spacial score (nSPS) is 19.9. The van der Waals surface area contributed by atoms with Gasteiger partial charge in [-0.05, 0) is 17.7 Å². The number of nitrogens with zero attached hydrogens (tertiary/aromatic N) is 2. The van der Waals surface area contributed by atoms with E-state index in [0.717, 1.165) is 5.56 Å². The van der Waals surface area contributed by atoms with Crippen molar-refractivity contribution >= 4 is 5.91 Å². The Balaban J connectivity index is 2.03. The number of nitriles is 1. The molecule has 0 saturated carbocycles. The molecule has 1 aromatic carbocycles. The van der Waals surface area contributed by atoms with Crippen LogP contribution in [0.3, 0.4) is 0 Å². The molecule has 1 amide bonds. The van der Waals surface area contributed by atoms with Crippen molar-refractivity contribution in [1.82, 2.24) is 4.90 Å². The van der Waals surface area contributed by atoms with Gasteiger partial charge in [-0.25, -0.2) is 4.39 Å². The molecule has 0 spiro atoms. The van der Waals surface area contributed by atoms with E-state index in [-0.39, 0.29) is 17.6 Å². The molecular formula is C12H11FN2O. The molecule has 0 N–H and O–H groups in total.